The Labute approximate surface area is 268 Å². The Bertz CT molecular complexity index is 1750. The minimum absolute atomic E-state index is 0.137. The summed E-state index contributed by atoms with van der Waals surface area (Å²) in [4.78, 5) is 16.4. The summed E-state index contributed by atoms with van der Waals surface area (Å²) in [5.41, 5.74) is -4.57. The van der Waals surface area contributed by atoms with Gasteiger partial charge in [0, 0.05) is 0 Å². The molecular formula is C30H29F9N2O6S. The van der Waals surface area contributed by atoms with Crippen molar-refractivity contribution in [3.05, 3.63) is 76.9 Å². The molecule has 3 rings (SSSR count). The summed E-state index contributed by atoms with van der Waals surface area (Å²) in [6.45, 7) is 9.51. The molecule has 8 nitrogen and oxygen atoms in total. The lowest BCUT2D eigenvalue weighted by Gasteiger charge is -2.33. The van der Waals surface area contributed by atoms with E-state index in [1.807, 2.05) is 39.9 Å². The van der Waals surface area contributed by atoms with Crippen LogP contribution in [0.1, 0.15) is 63.3 Å². The average molecular weight is 717 g/mol. The van der Waals surface area contributed by atoms with Gasteiger partial charge in [0.25, 0.3) is 10.1 Å². The molecule has 0 aliphatic rings. The molecule has 0 unspecified atom stereocenters. The largest absolute Gasteiger partial charge is 0.454 e. The quantitative estimate of drug-likeness (QED) is 0.122. The van der Waals surface area contributed by atoms with Crippen LogP contribution in [0.15, 0.2) is 59.5 Å². The van der Waals surface area contributed by atoms with Crippen LogP contribution >= 0.6 is 0 Å². The van der Waals surface area contributed by atoms with Crippen LogP contribution in [0.4, 0.5) is 50.0 Å². The number of benzene rings is 3. The number of hydrogen-bond acceptors (Lipinski definition) is 5. The summed E-state index contributed by atoms with van der Waals surface area (Å²) in [6.07, 6.45) is -14.9. The summed E-state index contributed by atoms with van der Waals surface area (Å²) < 4.78 is 160. The Morgan fingerprint density at radius 3 is 1.69 bits per heavy atom. The van der Waals surface area contributed by atoms with Gasteiger partial charge >= 0.3 is 24.6 Å². The Kier molecular flexibility index (Phi) is 10.4. The molecule has 0 saturated heterocycles. The highest BCUT2D eigenvalue weighted by atomic mass is 32.2. The maximum Gasteiger partial charge on any atom is 0.416 e. The van der Waals surface area contributed by atoms with Gasteiger partial charge in [0.15, 0.2) is 11.5 Å². The first-order chi connectivity index (χ1) is 21.6. The molecule has 2 amide bonds. The number of alkyl halides is 9. The molecule has 3 N–H and O–H groups in total. The van der Waals surface area contributed by atoms with Crippen molar-refractivity contribution in [2.45, 2.75) is 69.9 Å². The van der Waals surface area contributed by atoms with Crippen molar-refractivity contribution in [3.8, 4) is 17.2 Å². The lowest BCUT2D eigenvalue weighted by molar-refractivity contribution is -0.143. The number of hydrogen-bond donors (Lipinski definition) is 3. The SMILES string of the molecule is CC(C)(C)CC(C)(C)c1ccc(Oc2ccc(C(F)(F)F)cc2NC(=O)NOc2cc(C(F)(F)F)cc(C(F)(F)F)c2)c(S(=O)(=O)O)c1. The molecule has 48 heavy (non-hydrogen) atoms. The van der Waals surface area contributed by atoms with Crippen LogP contribution in [0.25, 0.3) is 0 Å². The van der Waals surface area contributed by atoms with Gasteiger partial charge in [0.2, 0.25) is 0 Å². The molecule has 0 fully saturated rings. The maximum absolute atomic E-state index is 13.5. The third-order valence-electron chi connectivity index (χ3n) is 6.57. The Balaban J connectivity index is 1.98. The van der Waals surface area contributed by atoms with E-state index in [1.165, 1.54) is 11.5 Å². The Hall–Kier alpha value is -4.19. The number of nitrogens with one attached hydrogen (secondary N) is 2. The normalized spacial score (nSPS) is 13.2. The fraction of sp³-hybridized carbons (Fsp3) is 0.367. The molecule has 0 aromatic heterocycles. The van der Waals surface area contributed by atoms with Crippen LogP contribution < -0.4 is 20.4 Å². The van der Waals surface area contributed by atoms with Crippen LogP contribution in [0.2, 0.25) is 0 Å². The van der Waals surface area contributed by atoms with Crippen LogP contribution in [-0.2, 0) is 34.1 Å². The fourth-order valence-electron chi connectivity index (χ4n) is 4.89. The van der Waals surface area contributed by atoms with Crippen molar-refractivity contribution in [2.75, 3.05) is 5.32 Å². The zero-order valence-corrected chi connectivity index (χ0v) is 26.5. The first kappa shape index (κ1) is 38.3. The van der Waals surface area contributed by atoms with E-state index in [0.717, 1.165) is 12.1 Å². The summed E-state index contributed by atoms with van der Waals surface area (Å²) in [6, 6.07) is 3.80. The third kappa shape index (κ3) is 10.2. The van der Waals surface area contributed by atoms with Crippen molar-refractivity contribution in [2.24, 2.45) is 5.41 Å². The molecule has 0 radical (unpaired) electrons. The number of ether oxygens (including phenoxy) is 1. The first-order valence-electron chi connectivity index (χ1n) is 13.6. The lowest BCUT2D eigenvalue weighted by Crippen LogP contribution is -2.32. The number of rotatable bonds is 8. The number of amides is 2. The first-order valence-corrected chi connectivity index (χ1v) is 15.0. The molecule has 0 aliphatic carbocycles. The number of carbonyl (C=O) groups excluding carboxylic acids is 1. The number of halogens is 9. The van der Waals surface area contributed by atoms with Gasteiger partial charge < -0.3 is 14.9 Å². The van der Waals surface area contributed by atoms with E-state index in [0.29, 0.717) is 30.2 Å². The van der Waals surface area contributed by atoms with Gasteiger partial charge in [0.1, 0.15) is 10.6 Å². The summed E-state index contributed by atoms with van der Waals surface area (Å²) in [7, 11) is -5.00. The molecule has 3 aromatic rings. The van der Waals surface area contributed by atoms with E-state index in [2.05, 4.69) is 4.84 Å². The highest BCUT2D eigenvalue weighted by molar-refractivity contribution is 7.86. The zero-order chi connectivity index (χ0) is 36.7. The van der Waals surface area contributed by atoms with E-state index in [1.54, 1.807) is 0 Å². The van der Waals surface area contributed by atoms with E-state index >= 15 is 0 Å². The van der Waals surface area contributed by atoms with E-state index in [-0.39, 0.29) is 23.6 Å². The molecule has 0 heterocycles. The zero-order valence-electron chi connectivity index (χ0n) is 25.7. The van der Waals surface area contributed by atoms with Crippen molar-refractivity contribution in [1.82, 2.24) is 5.48 Å². The number of hydroxylamine groups is 1. The van der Waals surface area contributed by atoms with Gasteiger partial charge in [-0.3, -0.25) is 4.55 Å². The molecule has 264 valence electrons. The van der Waals surface area contributed by atoms with Crippen molar-refractivity contribution < 1.29 is 66.9 Å². The number of carbonyl (C=O) groups is 1. The van der Waals surface area contributed by atoms with Gasteiger partial charge in [-0.15, -0.1) is 0 Å². The minimum atomic E-state index is -5.24. The predicted octanol–water partition coefficient (Wildman–Crippen LogP) is 9.61. The summed E-state index contributed by atoms with van der Waals surface area (Å²) >= 11 is 0. The Morgan fingerprint density at radius 2 is 1.21 bits per heavy atom. The number of anilines is 1. The monoisotopic (exact) mass is 716 g/mol. The van der Waals surface area contributed by atoms with Gasteiger partial charge in [-0.1, -0.05) is 40.7 Å². The van der Waals surface area contributed by atoms with Gasteiger partial charge in [0.05, 0.1) is 22.4 Å². The maximum atomic E-state index is 13.5. The third-order valence-corrected chi connectivity index (χ3v) is 7.45. The van der Waals surface area contributed by atoms with Crippen molar-refractivity contribution >= 4 is 21.8 Å². The molecule has 0 aliphatic heterocycles. The average Bonchev–Trinajstić information content (AvgIpc) is 2.89. The van der Waals surface area contributed by atoms with Crippen LogP contribution in [0.5, 0.6) is 17.2 Å². The molecule has 0 atom stereocenters. The second-order valence-electron chi connectivity index (χ2n) is 12.5. The van der Waals surface area contributed by atoms with Crippen LogP contribution in [-0.4, -0.2) is 19.0 Å². The smallest absolute Gasteiger partial charge is 0.416 e. The van der Waals surface area contributed by atoms with E-state index in [4.69, 9.17) is 4.74 Å². The van der Waals surface area contributed by atoms with Gasteiger partial charge in [-0.05, 0) is 71.3 Å². The molecule has 3 aromatic carbocycles. The molecule has 0 spiro atoms. The molecule has 18 heteroatoms. The van der Waals surface area contributed by atoms with E-state index < -0.39 is 84.6 Å². The highest BCUT2D eigenvalue weighted by Crippen LogP contribution is 2.42. The fourth-order valence-corrected chi connectivity index (χ4v) is 5.53. The molecular weight excluding hydrogens is 687 g/mol. The second kappa shape index (κ2) is 13.0. The highest BCUT2D eigenvalue weighted by Gasteiger charge is 2.38. The van der Waals surface area contributed by atoms with Gasteiger partial charge in [-0.2, -0.15) is 53.4 Å². The van der Waals surface area contributed by atoms with E-state index in [9.17, 15) is 57.3 Å². The second-order valence-corrected chi connectivity index (χ2v) is 13.9. The van der Waals surface area contributed by atoms with Crippen molar-refractivity contribution in [3.63, 3.8) is 0 Å². The van der Waals surface area contributed by atoms with Crippen molar-refractivity contribution in [1.29, 1.82) is 0 Å². The summed E-state index contributed by atoms with van der Waals surface area (Å²) in [5, 5.41) is 1.87. The van der Waals surface area contributed by atoms with Crippen LogP contribution in [0.3, 0.4) is 0 Å². The minimum Gasteiger partial charge on any atom is -0.454 e. The lowest BCUT2D eigenvalue weighted by atomic mass is 9.72. The topological polar surface area (TPSA) is 114 Å². The molecule has 0 saturated carbocycles. The van der Waals surface area contributed by atoms with Crippen LogP contribution in [0, 0.1) is 5.41 Å². The molecule has 0 bridgehead atoms. The standard InChI is InChI=1S/C30H29F9N2O6S/c1-26(2,3)15-27(4,5)16-6-9-23(24(14-16)48(43,44)45)46-22-8-7-17(28(31,32)33)13-21(22)40-25(42)41-47-20-11-18(29(34,35)36)10-19(12-20)30(37,38)39/h6-14H,15H2,1-5H3,(H2,40,41,42)(H,43,44,45). The van der Waals surface area contributed by atoms with Gasteiger partial charge in [-0.25, -0.2) is 4.79 Å². The number of urea groups is 1. The summed E-state index contributed by atoms with van der Waals surface area (Å²) in [5.74, 6) is -2.29. The Morgan fingerprint density at radius 1 is 0.708 bits per heavy atom. The predicted molar refractivity (Wildman–Crippen MR) is 154 cm³/mol.